The van der Waals surface area contributed by atoms with Gasteiger partial charge in [0.05, 0.1) is 17.9 Å². The Labute approximate surface area is 115 Å². The number of benzene rings is 1. The lowest BCUT2D eigenvalue weighted by Crippen LogP contribution is -2.26. The third kappa shape index (κ3) is 2.96. The van der Waals surface area contributed by atoms with Crippen LogP contribution in [-0.4, -0.2) is 5.91 Å². The molecule has 0 radical (unpaired) electrons. The molecule has 1 heterocycles. The number of carbonyl (C=O) groups excluding carboxylic acids is 1. The first kappa shape index (κ1) is 13.6. The minimum Gasteiger partial charge on any atom is -0.452 e. The third-order valence-electron chi connectivity index (χ3n) is 2.91. The maximum atomic E-state index is 13.5. The van der Waals surface area contributed by atoms with Gasteiger partial charge >= 0.3 is 0 Å². The van der Waals surface area contributed by atoms with Crippen LogP contribution in [0.3, 0.4) is 0 Å². The van der Waals surface area contributed by atoms with Crippen molar-refractivity contribution in [1.82, 2.24) is 5.32 Å². The van der Waals surface area contributed by atoms with E-state index in [0.29, 0.717) is 11.1 Å². The van der Waals surface area contributed by atoms with Crippen LogP contribution in [0.5, 0.6) is 0 Å². The molecule has 1 aromatic carbocycles. The smallest absolute Gasteiger partial charge is 0.256 e. The summed E-state index contributed by atoms with van der Waals surface area (Å²) in [6.07, 6.45) is 1.34. The highest BCUT2D eigenvalue weighted by Crippen LogP contribution is 2.20. The molecule has 0 spiro atoms. The van der Waals surface area contributed by atoms with Crippen LogP contribution in [-0.2, 0) is 0 Å². The Morgan fingerprint density at radius 2 is 2.16 bits per heavy atom. The van der Waals surface area contributed by atoms with E-state index in [4.69, 9.17) is 16.0 Å². The minimum atomic E-state index is -0.354. The maximum absolute atomic E-state index is 13.5. The summed E-state index contributed by atoms with van der Waals surface area (Å²) in [7, 11) is 0. The normalized spacial score (nSPS) is 12.2. The number of carbonyl (C=O) groups is 1. The van der Waals surface area contributed by atoms with Crippen molar-refractivity contribution < 1.29 is 13.6 Å². The van der Waals surface area contributed by atoms with E-state index in [0.717, 1.165) is 0 Å². The number of hydrogen-bond donors (Lipinski definition) is 1. The lowest BCUT2D eigenvalue weighted by Gasteiger charge is -2.14. The van der Waals surface area contributed by atoms with Gasteiger partial charge in [0, 0.05) is 0 Å². The van der Waals surface area contributed by atoms with Crippen molar-refractivity contribution in [2.75, 3.05) is 0 Å². The van der Waals surface area contributed by atoms with E-state index < -0.39 is 0 Å². The standard InChI is InChI=1S/C14H13ClFNO2/c1-8-3-4-10(7-12(8)16)9(2)17-14(18)11-5-6-19-13(11)15/h3-7,9H,1-2H3,(H,17,18). The third-order valence-corrected chi connectivity index (χ3v) is 3.20. The minimum absolute atomic E-state index is 0.0415. The van der Waals surface area contributed by atoms with E-state index in [9.17, 15) is 9.18 Å². The van der Waals surface area contributed by atoms with Crippen molar-refractivity contribution in [2.24, 2.45) is 0 Å². The Balaban J connectivity index is 2.13. The number of amides is 1. The highest BCUT2D eigenvalue weighted by Gasteiger charge is 2.16. The fraction of sp³-hybridized carbons (Fsp3) is 0.214. The summed E-state index contributed by atoms with van der Waals surface area (Å²) in [5.74, 6) is -0.646. The van der Waals surface area contributed by atoms with Crippen molar-refractivity contribution in [2.45, 2.75) is 19.9 Å². The summed E-state index contributed by atoms with van der Waals surface area (Å²) in [6, 6.07) is 6.03. The van der Waals surface area contributed by atoms with Gasteiger partial charge in [-0.1, -0.05) is 12.1 Å². The van der Waals surface area contributed by atoms with Gasteiger partial charge in [-0.25, -0.2) is 4.39 Å². The van der Waals surface area contributed by atoms with Crippen molar-refractivity contribution >= 4 is 17.5 Å². The van der Waals surface area contributed by atoms with Gasteiger partial charge < -0.3 is 9.73 Å². The molecule has 0 aliphatic carbocycles. The predicted octanol–water partition coefficient (Wildman–Crippen LogP) is 3.87. The summed E-state index contributed by atoms with van der Waals surface area (Å²) in [6.45, 7) is 3.46. The zero-order valence-corrected chi connectivity index (χ0v) is 11.3. The van der Waals surface area contributed by atoms with Gasteiger partial charge in [-0.2, -0.15) is 0 Å². The van der Waals surface area contributed by atoms with Gasteiger partial charge in [-0.3, -0.25) is 4.79 Å². The molecule has 100 valence electrons. The molecule has 5 heteroatoms. The number of rotatable bonds is 3. The summed E-state index contributed by atoms with van der Waals surface area (Å²) < 4.78 is 18.3. The van der Waals surface area contributed by atoms with Crippen LogP contribution in [0.4, 0.5) is 4.39 Å². The Morgan fingerprint density at radius 3 is 2.74 bits per heavy atom. The van der Waals surface area contributed by atoms with Crippen LogP contribution in [0.15, 0.2) is 34.9 Å². The van der Waals surface area contributed by atoms with Gasteiger partial charge in [-0.05, 0) is 48.7 Å². The molecule has 1 aromatic heterocycles. The molecule has 2 rings (SSSR count). The first-order valence-electron chi connectivity index (χ1n) is 5.79. The zero-order chi connectivity index (χ0) is 14.0. The molecule has 3 nitrogen and oxygen atoms in total. The second-order valence-electron chi connectivity index (χ2n) is 4.31. The molecule has 2 aromatic rings. The Kier molecular flexibility index (Phi) is 3.90. The van der Waals surface area contributed by atoms with E-state index in [2.05, 4.69) is 5.32 Å². The number of furan rings is 1. The van der Waals surface area contributed by atoms with Gasteiger partial charge in [0.15, 0.2) is 0 Å². The highest BCUT2D eigenvalue weighted by molar-refractivity contribution is 6.32. The molecule has 0 aliphatic heterocycles. The van der Waals surface area contributed by atoms with Crippen LogP contribution in [0.1, 0.15) is 34.5 Å². The monoisotopic (exact) mass is 281 g/mol. The van der Waals surface area contributed by atoms with Crippen molar-refractivity contribution in [1.29, 1.82) is 0 Å². The SMILES string of the molecule is Cc1ccc(C(C)NC(=O)c2ccoc2Cl)cc1F. The van der Waals surface area contributed by atoms with E-state index in [-0.39, 0.29) is 28.5 Å². The number of aryl methyl sites for hydroxylation is 1. The number of halogens is 2. The summed E-state index contributed by atoms with van der Waals surface area (Å²) >= 11 is 5.72. The van der Waals surface area contributed by atoms with Gasteiger partial charge in [-0.15, -0.1) is 0 Å². The summed E-state index contributed by atoms with van der Waals surface area (Å²) in [5, 5.41) is 2.78. The molecule has 19 heavy (non-hydrogen) atoms. The van der Waals surface area contributed by atoms with Crippen molar-refractivity contribution in [3.8, 4) is 0 Å². The van der Waals surface area contributed by atoms with Crippen molar-refractivity contribution in [3.05, 3.63) is 58.3 Å². The summed E-state index contributed by atoms with van der Waals surface area (Å²) in [4.78, 5) is 11.9. The van der Waals surface area contributed by atoms with Crippen LogP contribution >= 0.6 is 11.6 Å². The first-order valence-corrected chi connectivity index (χ1v) is 6.16. The molecule has 0 bridgehead atoms. The number of hydrogen-bond acceptors (Lipinski definition) is 2. The average molecular weight is 282 g/mol. The topological polar surface area (TPSA) is 42.2 Å². The number of nitrogens with one attached hydrogen (secondary N) is 1. The summed E-state index contributed by atoms with van der Waals surface area (Å²) in [5.41, 5.74) is 1.53. The average Bonchev–Trinajstić information content (AvgIpc) is 2.79. The van der Waals surface area contributed by atoms with Crippen molar-refractivity contribution in [3.63, 3.8) is 0 Å². The molecular formula is C14H13ClFNO2. The van der Waals surface area contributed by atoms with Gasteiger partial charge in [0.2, 0.25) is 5.22 Å². The Bertz CT molecular complexity index is 609. The maximum Gasteiger partial charge on any atom is 0.256 e. The molecule has 0 saturated carbocycles. The molecule has 0 saturated heterocycles. The Morgan fingerprint density at radius 1 is 1.42 bits per heavy atom. The molecule has 0 fully saturated rings. The molecule has 1 N–H and O–H groups in total. The molecule has 1 atom stereocenters. The zero-order valence-electron chi connectivity index (χ0n) is 10.5. The Hall–Kier alpha value is -1.81. The second-order valence-corrected chi connectivity index (χ2v) is 4.66. The van der Waals surface area contributed by atoms with E-state index in [1.807, 2.05) is 0 Å². The lowest BCUT2D eigenvalue weighted by atomic mass is 10.1. The van der Waals surface area contributed by atoms with Gasteiger partial charge in [0.1, 0.15) is 5.82 Å². The largest absolute Gasteiger partial charge is 0.452 e. The van der Waals surface area contributed by atoms with E-state index in [1.54, 1.807) is 26.0 Å². The second kappa shape index (κ2) is 5.45. The lowest BCUT2D eigenvalue weighted by molar-refractivity contribution is 0.0939. The molecule has 0 aliphatic rings. The molecule has 1 amide bonds. The molecular weight excluding hydrogens is 269 g/mol. The fourth-order valence-corrected chi connectivity index (χ4v) is 1.89. The predicted molar refractivity (Wildman–Crippen MR) is 70.7 cm³/mol. The van der Waals surface area contributed by atoms with Crippen LogP contribution < -0.4 is 5.32 Å². The van der Waals surface area contributed by atoms with E-state index in [1.165, 1.54) is 18.4 Å². The van der Waals surface area contributed by atoms with E-state index >= 15 is 0 Å². The first-order chi connectivity index (χ1) is 8.99. The van der Waals surface area contributed by atoms with Crippen LogP contribution in [0, 0.1) is 12.7 Å². The quantitative estimate of drug-likeness (QED) is 0.928. The van der Waals surface area contributed by atoms with Gasteiger partial charge in [0.25, 0.3) is 5.91 Å². The molecule has 1 unspecified atom stereocenters. The van der Waals surface area contributed by atoms with Crippen LogP contribution in [0.2, 0.25) is 5.22 Å². The van der Waals surface area contributed by atoms with Crippen LogP contribution in [0.25, 0.3) is 0 Å². The fourth-order valence-electron chi connectivity index (χ4n) is 1.69. The highest BCUT2D eigenvalue weighted by atomic mass is 35.5.